The first-order chi connectivity index (χ1) is 10.5. The van der Waals surface area contributed by atoms with Gasteiger partial charge >= 0.3 is 5.97 Å². The lowest BCUT2D eigenvalue weighted by Crippen LogP contribution is -2.41. The Kier molecular flexibility index (Phi) is 7.22. The van der Waals surface area contributed by atoms with E-state index in [4.69, 9.17) is 9.47 Å². The number of guanidine groups is 1. The van der Waals surface area contributed by atoms with Crippen molar-refractivity contribution in [3.05, 3.63) is 29.8 Å². The number of esters is 1. The lowest BCUT2D eigenvalue weighted by molar-refractivity contribution is -0.144. The standard InChI is InChI=1S/C16H25N3O3/c1-12(15(20)22-5)10-18-16(17-2)19(3)11-13-6-8-14(21-4)9-7-13/h6-9,12H,10-11H2,1-5H3,(H,17,18). The molecular weight excluding hydrogens is 282 g/mol. The Hall–Kier alpha value is -2.24. The molecule has 0 bridgehead atoms. The van der Waals surface area contributed by atoms with Crippen molar-refractivity contribution in [2.24, 2.45) is 10.9 Å². The number of hydrogen-bond donors (Lipinski definition) is 1. The molecule has 0 radical (unpaired) electrons. The number of benzene rings is 1. The summed E-state index contributed by atoms with van der Waals surface area (Å²) < 4.78 is 9.86. The summed E-state index contributed by atoms with van der Waals surface area (Å²) in [4.78, 5) is 17.6. The summed E-state index contributed by atoms with van der Waals surface area (Å²) in [5.41, 5.74) is 1.15. The van der Waals surface area contributed by atoms with Crippen molar-refractivity contribution in [3.63, 3.8) is 0 Å². The summed E-state index contributed by atoms with van der Waals surface area (Å²) in [6.45, 7) is 3.00. The second kappa shape index (κ2) is 8.92. The largest absolute Gasteiger partial charge is 0.497 e. The maximum absolute atomic E-state index is 11.4. The maximum Gasteiger partial charge on any atom is 0.310 e. The minimum Gasteiger partial charge on any atom is -0.497 e. The van der Waals surface area contributed by atoms with Gasteiger partial charge in [-0.2, -0.15) is 0 Å². The van der Waals surface area contributed by atoms with Crippen LogP contribution in [0.3, 0.4) is 0 Å². The van der Waals surface area contributed by atoms with Crippen LogP contribution in [0.4, 0.5) is 0 Å². The highest BCUT2D eigenvalue weighted by Crippen LogP contribution is 2.12. The molecule has 0 fully saturated rings. The highest BCUT2D eigenvalue weighted by molar-refractivity contribution is 5.80. The highest BCUT2D eigenvalue weighted by Gasteiger charge is 2.14. The number of rotatable bonds is 6. The van der Waals surface area contributed by atoms with Gasteiger partial charge in [0.1, 0.15) is 5.75 Å². The van der Waals surface area contributed by atoms with E-state index in [9.17, 15) is 4.79 Å². The van der Waals surface area contributed by atoms with E-state index in [1.165, 1.54) is 7.11 Å². The van der Waals surface area contributed by atoms with Crippen molar-refractivity contribution in [1.29, 1.82) is 0 Å². The molecule has 1 atom stereocenters. The zero-order valence-electron chi connectivity index (χ0n) is 13.9. The predicted octanol–water partition coefficient (Wildman–Crippen LogP) is 1.51. The molecule has 0 amide bonds. The Bertz CT molecular complexity index is 500. The van der Waals surface area contributed by atoms with Crippen molar-refractivity contribution in [3.8, 4) is 5.75 Å². The maximum atomic E-state index is 11.4. The minimum absolute atomic E-state index is 0.226. The van der Waals surface area contributed by atoms with Gasteiger partial charge in [-0.05, 0) is 17.7 Å². The first-order valence-electron chi connectivity index (χ1n) is 7.14. The fraction of sp³-hybridized carbons (Fsp3) is 0.500. The lowest BCUT2D eigenvalue weighted by atomic mass is 10.2. The fourth-order valence-electron chi connectivity index (χ4n) is 1.99. The predicted molar refractivity (Wildman–Crippen MR) is 87.0 cm³/mol. The zero-order chi connectivity index (χ0) is 16.5. The van der Waals surface area contributed by atoms with Gasteiger partial charge in [0, 0.05) is 27.2 Å². The number of methoxy groups -OCH3 is 2. The number of aliphatic imine (C=N–C) groups is 1. The molecule has 0 saturated heterocycles. The molecule has 1 rings (SSSR count). The van der Waals surface area contributed by atoms with Crippen molar-refractivity contribution in [1.82, 2.24) is 10.2 Å². The summed E-state index contributed by atoms with van der Waals surface area (Å²) in [6.07, 6.45) is 0. The van der Waals surface area contributed by atoms with Crippen molar-refractivity contribution in [2.75, 3.05) is 34.9 Å². The quantitative estimate of drug-likeness (QED) is 0.490. The van der Waals surface area contributed by atoms with Gasteiger partial charge in [-0.15, -0.1) is 0 Å². The first kappa shape index (κ1) is 17.8. The molecule has 0 aliphatic rings. The van der Waals surface area contributed by atoms with Gasteiger partial charge in [-0.1, -0.05) is 19.1 Å². The van der Waals surface area contributed by atoms with Crippen LogP contribution in [-0.4, -0.2) is 51.7 Å². The van der Waals surface area contributed by atoms with Crippen molar-refractivity contribution in [2.45, 2.75) is 13.5 Å². The summed E-state index contributed by atoms with van der Waals surface area (Å²) in [5, 5.41) is 3.18. The van der Waals surface area contributed by atoms with E-state index in [-0.39, 0.29) is 11.9 Å². The Morgan fingerprint density at radius 2 is 1.95 bits per heavy atom. The Morgan fingerprint density at radius 1 is 1.32 bits per heavy atom. The lowest BCUT2D eigenvalue weighted by Gasteiger charge is -2.23. The zero-order valence-corrected chi connectivity index (χ0v) is 13.9. The van der Waals surface area contributed by atoms with Gasteiger partial charge in [-0.3, -0.25) is 9.79 Å². The van der Waals surface area contributed by atoms with Gasteiger partial charge in [0.15, 0.2) is 5.96 Å². The monoisotopic (exact) mass is 307 g/mol. The number of carbonyl (C=O) groups excluding carboxylic acids is 1. The molecular formula is C16H25N3O3. The molecule has 122 valence electrons. The average Bonchev–Trinajstić information content (AvgIpc) is 2.55. The van der Waals surface area contributed by atoms with E-state index in [0.717, 1.165) is 17.3 Å². The van der Waals surface area contributed by atoms with Crippen LogP contribution >= 0.6 is 0 Å². The smallest absolute Gasteiger partial charge is 0.310 e. The molecule has 0 saturated carbocycles. The van der Waals surface area contributed by atoms with E-state index in [1.807, 2.05) is 43.1 Å². The molecule has 1 N–H and O–H groups in total. The number of ether oxygens (including phenoxy) is 2. The van der Waals surface area contributed by atoms with Gasteiger partial charge in [0.2, 0.25) is 0 Å². The Labute approximate surface area is 132 Å². The van der Waals surface area contributed by atoms with Gasteiger partial charge in [0.25, 0.3) is 0 Å². The Balaban J connectivity index is 2.57. The van der Waals surface area contributed by atoms with Crippen LogP contribution in [0.25, 0.3) is 0 Å². The highest BCUT2D eigenvalue weighted by atomic mass is 16.5. The van der Waals surface area contributed by atoms with Crippen molar-refractivity contribution < 1.29 is 14.3 Å². The van der Waals surface area contributed by atoms with E-state index in [2.05, 4.69) is 10.3 Å². The minimum atomic E-state index is -0.235. The molecule has 0 heterocycles. The fourth-order valence-corrected chi connectivity index (χ4v) is 1.99. The van der Waals surface area contributed by atoms with Crippen LogP contribution < -0.4 is 10.1 Å². The van der Waals surface area contributed by atoms with E-state index in [1.54, 1.807) is 14.2 Å². The van der Waals surface area contributed by atoms with Crippen LogP contribution in [0.2, 0.25) is 0 Å². The molecule has 1 aromatic rings. The Morgan fingerprint density at radius 3 is 2.45 bits per heavy atom. The molecule has 6 nitrogen and oxygen atoms in total. The second-order valence-electron chi connectivity index (χ2n) is 5.06. The van der Waals surface area contributed by atoms with Crippen molar-refractivity contribution >= 4 is 11.9 Å². The summed E-state index contributed by atoms with van der Waals surface area (Å²) >= 11 is 0. The van der Waals surface area contributed by atoms with E-state index < -0.39 is 0 Å². The van der Waals surface area contributed by atoms with Gasteiger partial charge in [-0.25, -0.2) is 0 Å². The van der Waals surface area contributed by atoms with Gasteiger partial charge in [0.05, 0.1) is 20.1 Å². The first-order valence-corrected chi connectivity index (χ1v) is 7.14. The number of nitrogens with one attached hydrogen (secondary N) is 1. The molecule has 6 heteroatoms. The van der Waals surface area contributed by atoms with E-state index >= 15 is 0 Å². The molecule has 0 aromatic heterocycles. The number of nitrogens with zero attached hydrogens (tertiary/aromatic N) is 2. The van der Waals surface area contributed by atoms with E-state index in [0.29, 0.717) is 13.1 Å². The van der Waals surface area contributed by atoms with Gasteiger partial charge < -0.3 is 19.7 Å². The molecule has 22 heavy (non-hydrogen) atoms. The third kappa shape index (κ3) is 5.27. The average molecular weight is 307 g/mol. The summed E-state index contributed by atoms with van der Waals surface area (Å²) in [5.74, 6) is 1.10. The SMILES string of the molecule is CN=C(NCC(C)C(=O)OC)N(C)Cc1ccc(OC)cc1. The number of carbonyl (C=O) groups is 1. The molecule has 0 spiro atoms. The third-order valence-corrected chi connectivity index (χ3v) is 3.32. The molecule has 0 aliphatic carbocycles. The molecule has 1 aromatic carbocycles. The molecule has 0 aliphatic heterocycles. The third-order valence-electron chi connectivity index (χ3n) is 3.32. The second-order valence-corrected chi connectivity index (χ2v) is 5.06. The van der Waals surface area contributed by atoms with Crippen LogP contribution in [0, 0.1) is 5.92 Å². The topological polar surface area (TPSA) is 63.2 Å². The summed E-state index contributed by atoms with van der Waals surface area (Å²) in [7, 11) is 6.71. The normalized spacial score (nSPS) is 12.5. The number of hydrogen-bond acceptors (Lipinski definition) is 4. The van der Waals surface area contributed by atoms with Crippen LogP contribution in [0.5, 0.6) is 5.75 Å². The van der Waals surface area contributed by atoms with Crippen LogP contribution in [0.15, 0.2) is 29.3 Å². The van der Waals surface area contributed by atoms with Crippen LogP contribution in [-0.2, 0) is 16.1 Å². The van der Waals surface area contributed by atoms with Crippen LogP contribution in [0.1, 0.15) is 12.5 Å². The summed E-state index contributed by atoms with van der Waals surface area (Å²) in [6, 6.07) is 7.89. The molecule has 1 unspecified atom stereocenters.